The van der Waals surface area contributed by atoms with Crippen LogP contribution < -0.4 is 5.32 Å². The third kappa shape index (κ3) is 4.60. The van der Waals surface area contributed by atoms with Crippen molar-refractivity contribution in [3.05, 3.63) is 23.2 Å². The Morgan fingerprint density at radius 3 is 2.72 bits per heavy atom. The molecule has 1 amide bonds. The fourth-order valence-electron chi connectivity index (χ4n) is 3.01. The molecule has 9 heteroatoms. The molecule has 2 rings (SSSR count). The van der Waals surface area contributed by atoms with E-state index in [1.165, 1.54) is 17.3 Å². The van der Waals surface area contributed by atoms with Crippen LogP contribution in [0.3, 0.4) is 0 Å². The molecule has 1 fully saturated rings. The minimum absolute atomic E-state index is 0.0190. The first-order chi connectivity index (χ1) is 11.8. The molecule has 1 saturated heterocycles. The minimum atomic E-state index is -3.45. The van der Waals surface area contributed by atoms with Crippen LogP contribution in [0.25, 0.3) is 0 Å². The predicted octanol–water partition coefficient (Wildman–Crippen LogP) is 1.50. The predicted molar refractivity (Wildman–Crippen MR) is 90.7 cm³/mol. The molecule has 2 heterocycles. The number of carboxylic acid groups (broad SMARTS) is 1. The van der Waals surface area contributed by atoms with Gasteiger partial charge in [0.25, 0.3) is 0 Å². The number of furan rings is 1. The van der Waals surface area contributed by atoms with E-state index >= 15 is 0 Å². The van der Waals surface area contributed by atoms with Gasteiger partial charge in [-0.1, -0.05) is 13.3 Å². The Hall–Kier alpha value is -1.87. The van der Waals surface area contributed by atoms with Crippen molar-refractivity contribution >= 4 is 21.9 Å². The second kappa shape index (κ2) is 8.01. The molecule has 0 aromatic carbocycles. The molecule has 1 aromatic rings. The highest BCUT2D eigenvalue weighted by Gasteiger charge is 2.36. The maximum absolute atomic E-state index is 12.5. The number of aromatic carboxylic acids is 1. The summed E-state index contributed by atoms with van der Waals surface area (Å²) in [5.74, 6) is -0.868. The van der Waals surface area contributed by atoms with Gasteiger partial charge < -0.3 is 14.8 Å². The van der Waals surface area contributed by atoms with Crippen molar-refractivity contribution < 1.29 is 27.5 Å². The number of nitrogens with one attached hydrogen (secondary N) is 1. The lowest BCUT2D eigenvalue weighted by Gasteiger charge is -2.33. The molecule has 1 aliphatic heterocycles. The molecule has 140 valence electrons. The van der Waals surface area contributed by atoms with Crippen LogP contribution in [-0.4, -0.2) is 48.0 Å². The van der Waals surface area contributed by atoms with E-state index in [4.69, 9.17) is 9.52 Å². The summed E-state index contributed by atoms with van der Waals surface area (Å²) >= 11 is 0. The Balaban J connectivity index is 2.05. The topological polar surface area (TPSA) is 117 Å². The maximum atomic E-state index is 12.5. The number of piperidine rings is 1. The van der Waals surface area contributed by atoms with Gasteiger partial charge in [0.2, 0.25) is 15.9 Å². The molecule has 1 unspecified atom stereocenters. The highest BCUT2D eigenvalue weighted by Crippen LogP contribution is 2.22. The Kier molecular flexibility index (Phi) is 6.23. The van der Waals surface area contributed by atoms with Crippen molar-refractivity contribution in [3.63, 3.8) is 0 Å². The van der Waals surface area contributed by atoms with Crippen molar-refractivity contribution in [2.45, 2.75) is 52.1 Å². The van der Waals surface area contributed by atoms with Crippen LogP contribution in [0, 0.1) is 6.92 Å². The maximum Gasteiger partial charge on any atom is 0.339 e. The van der Waals surface area contributed by atoms with Crippen molar-refractivity contribution in [2.24, 2.45) is 0 Å². The molecular formula is C16H24N2O6S. The average Bonchev–Trinajstić information content (AvgIpc) is 2.94. The van der Waals surface area contributed by atoms with Gasteiger partial charge in [-0.05, 0) is 32.3 Å². The van der Waals surface area contributed by atoms with Crippen molar-refractivity contribution in [2.75, 3.05) is 12.3 Å². The van der Waals surface area contributed by atoms with Crippen LogP contribution in [0.5, 0.6) is 0 Å². The largest absolute Gasteiger partial charge is 0.478 e. The summed E-state index contributed by atoms with van der Waals surface area (Å²) in [6.07, 6.45) is 2.51. The van der Waals surface area contributed by atoms with Crippen LogP contribution in [0.1, 0.15) is 54.5 Å². The number of carboxylic acids is 1. The van der Waals surface area contributed by atoms with E-state index in [1.807, 2.05) is 0 Å². The number of hydrogen-bond acceptors (Lipinski definition) is 5. The van der Waals surface area contributed by atoms with Gasteiger partial charge in [-0.15, -0.1) is 0 Å². The monoisotopic (exact) mass is 372 g/mol. The van der Waals surface area contributed by atoms with Crippen molar-refractivity contribution in [1.29, 1.82) is 0 Å². The van der Waals surface area contributed by atoms with Gasteiger partial charge in [0.1, 0.15) is 23.1 Å². The SMILES string of the molecule is CCCS(=O)(=O)N1CCCCC1C(=O)NCc1cc(C(=O)O)c(C)o1. The molecule has 0 spiro atoms. The first-order valence-corrected chi connectivity index (χ1v) is 9.97. The molecular weight excluding hydrogens is 348 g/mol. The van der Waals surface area contributed by atoms with E-state index in [-0.39, 0.29) is 29.5 Å². The fraction of sp³-hybridized carbons (Fsp3) is 0.625. The van der Waals surface area contributed by atoms with Crippen LogP contribution >= 0.6 is 0 Å². The van der Waals surface area contributed by atoms with E-state index < -0.39 is 22.0 Å². The third-order valence-electron chi connectivity index (χ3n) is 4.21. The standard InChI is InChI=1S/C16H24N2O6S/c1-3-8-25(22,23)18-7-5-4-6-14(18)15(19)17-10-12-9-13(16(20)21)11(2)24-12/h9,14H,3-8,10H2,1-2H3,(H,17,19)(H,20,21). The van der Waals surface area contributed by atoms with Crippen molar-refractivity contribution in [1.82, 2.24) is 9.62 Å². The zero-order chi connectivity index (χ0) is 18.6. The minimum Gasteiger partial charge on any atom is -0.478 e. The molecule has 25 heavy (non-hydrogen) atoms. The van der Waals surface area contributed by atoms with E-state index in [0.717, 1.165) is 12.8 Å². The Bertz CT molecular complexity index is 740. The van der Waals surface area contributed by atoms with Crippen molar-refractivity contribution in [3.8, 4) is 0 Å². The zero-order valence-corrected chi connectivity index (χ0v) is 15.3. The molecule has 1 atom stereocenters. The second-order valence-corrected chi connectivity index (χ2v) is 8.18. The summed E-state index contributed by atoms with van der Waals surface area (Å²) in [5.41, 5.74) is 0.0501. The molecule has 0 bridgehead atoms. The number of amides is 1. The van der Waals surface area contributed by atoms with Gasteiger partial charge in [-0.25, -0.2) is 13.2 Å². The lowest BCUT2D eigenvalue weighted by Crippen LogP contribution is -2.52. The molecule has 8 nitrogen and oxygen atoms in total. The van der Waals surface area contributed by atoms with Gasteiger partial charge in [-0.2, -0.15) is 4.31 Å². The van der Waals surface area contributed by atoms with E-state index in [2.05, 4.69) is 5.32 Å². The normalized spacial score (nSPS) is 18.9. The summed E-state index contributed by atoms with van der Waals surface area (Å²) in [4.78, 5) is 23.5. The lowest BCUT2D eigenvalue weighted by atomic mass is 10.0. The number of rotatable bonds is 7. The van der Waals surface area contributed by atoms with Gasteiger partial charge in [0.15, 0.2) is 0 Å². The van der Waals surface area contributed by atoms with E-state index in [1.54, 1.807) is 6.92 Å². The Morgan fingerprint density at radius 2 is 2.12 bits per heavy atom. The highest BCUT2D eigenvalue weighted by atomic mass is 32.2. The highest BCUT2D eigenvalue weighted by molar-refractivity contribution is 7.89. The number of nitrogens with zero attached hydrogens (tertiary/aromatic N) is 1. The third-order valence-corrected chi connectivity index (χ3v) is 6.29. The van der Waals surface area contributed by atoms with E-state index in [9.17, 15) is 18.0 Å². The molecule has 0 aliphatic carbocycles. The molecule has 0 saturated carbocycles. The molecule has 2 N–H and O–H groups in total. The summed E-state index contributed by atoms with van der Waals surface area (Å²) in [6, 6.07) is 0.644. The molecule has 1 aromatic heterocycles. The van der Waals surface area contributed by atoms with Crippen LogP contribution in [0.15, 0.2) is 10.5 Å². The van der Waals surface area contributed by atoms with Gasteiger partial charge in [0.05, 0.1) is 12.3 Å². The first kappa shape index (κ1) is 19.5. The molecule has 0 radical (unpaired) electrons. The van der Waals surface area contributed by atoms with Crippen LogP contribution in [0.2, 0.25) is 0 Å². The number of sulfonamides is 1. The summed E-state index contributed by atoms with van der Waals surface area (Å²) in [6.45, 7) is 3.69. The smallest absolute Gasteiger partial charge is 0.339 e. The Labute approximate surface area is 147 Å². The number of aryl methyl sites for hydroxylation is 1. The number of hydrogen-bond donors (Lipinski definition) is 2. The average molecular weight is 372 g/mol. The summed E-state index contributed by atoms with van der Waals surface area (Å²) in [5, 5.41) is 11.7. The quantitative estimate of drug-likeness (QED) is 0.749. The fourth-order valence-corrected chi connectivity index (χ4v) is 4.76. The Morgan fingerprint density at radius 1 is 1.40 bits per heavy atom. The zero-order valence-electron chi connectivity index (χ0n) is 14.4. The first-order valence-electron chi connectivity index (χ1n) is 8.36. The van der Waals surface area contributed by atoms with Gasteiger partial charge in [0, 0.05) is 6.54 Å². The van der Waals surface area contributed by atoms with Gasteiger partial charge >= 0.3 is 5.97 Å². The van der Waals surface area contributed by atoms with E-state index in [0.29, 0.717) is 25.1 Å². The molecule has 1 aliphatic rings. The number of carbonyl (C=O) groups is 2. The van der Waals surface area contributed by atoms with Crippen LogP contribution in [0.4, 0.5) is 0 Å². The van der Waals surface area contributed by atoms with Crippen LogP contribution in [-0.2, 0) is 21.4 Å². The lowest BCUT2D eigenvalue weighted by molar-refractivity contribution is -0.125. The van der Waals surface area contributed by atoms with Gasteiger partial charge in [-0.3, -0.25) is 4.79 Å². The summed E-state index contributed by atoms with van der Waals surface area (Å²) < 4.78 is 31.3. The summed E-state index contributed by atoms with van der Waals surface area (Å²) in [7, 11) is -3.45. The second-order valence-electron chi connectivity index (χ2n) is 6.14. The number of carbonyl (C=O) groups excluding carboxylic acids is 1.